The largest absolute Gasteiger partial charge is 0.477 e. The lowest BCUT2D eigenvalue weighted by molar-refractivity contribution is 0.0690. The Bertz CT molecular complexity index is 295. The smallest absolute Gasteiger partial charge is 0.354 e. The summed E-state index contributed by atoms with van der Waals surface area (Å²) in [5, 5.41) is 14.5. The van der Waals surface area contributed by atoms with Crippen LogP contribution in [0.25, 0.3) is 0 Å². The zero-order chi connectivity index (χ0) is 9.84. The number of aromatic nitrogens is 2. The van der Waals surface area contributed by atoms with Gasteiger partial charge in [0.25, 0.3) is 0 Å². The molecule has 0 saturated carbocycles. The molecule has 0 saturated heterocycles. The molecule has 0 aromatic carbocycles. The second kappa shape index (κ2) is 3.90. The Hall–Kier alpha value is -1.56. The minimum atomic E-state index is -1.07. The number of nitrogens with one attached hydrogen (secondary N) is 1. The van der Waals surface area contributed by atoms with E-state index in [1.807, 2.05) is 0 Å². The van der Waals surface area contributed by atoms with Crippen molar-refractivity contribution in [3.8, 4) is 5.88 Å². The number of ether oxygens (including phenoxy) is 1. The van der Waals surface area contributed by atoms with E-state index in [0.29, 0.717) is 6.61 Å². The minimum Gasteiger partial charge on any atom is -0.477 e. The molecule has 4 N–H and O–H groups in total. The first-order valence-corrected chi connectivity index (χ1v) is 3.76. The first-order chi connectivity index (χ1) is 6.09. The van der Waals surface area contributed by atoms with Gasteiger partial charge in [0.2, 0.25) is 5.88 Å². The summed E-state index contributed by atoms with van der Waals surface area (Å²) in [5.74, 6) is -0.821. The van der Waals surface area contributed by atoms with Crippen LogP contribution < -0.4 is 10.5 Å². The molecule has 72 valence electrons. The van der Waals surface area contributed by atoms with E-state index >= 15 is 0 Å². The van der Waals surface area contributed by atoms with Gasteiger partial charge in [0.05, 0.1) is 0 Å². The van der Waals surface area contributed by atoms with Gasteiger partial charge < -0.3 is 15.6 Å². The van der Waals surface area contributed by atoms with Crippen LogP contribution in [0.2, 0.25) is 0 Å². The van der Waals surface area contributed by atoms with Gasteiger partial charge in [-0.1, -0.05) is 0 Å². The SMILES string of the molecule is CC(N)COc1cc(C(=O)O)[nH]n1. The third kappa shape index (κ3) is 2.75. The Morgan fingerprint density at radius 2 is 2.62 bits per heavy atom. The number of nitrogens with zero attached hydrogens (tertiary/aromatic N) is 1. The highest BCUT2D eigenvalue weighted by Gasteiger charge is 2.08. The van der Waals surface area contributed by atoms with Crippen molar-refractivity contribution < 1.29 is 14.6 Å². The fraction of sp³-hybridized carbons (Fsp3) is 0.429. The standard InChI is InChI=1S/C7H11N3O3/c1-4(8)3-13-6-2-5(7(11)12)9-10-6/h2,4H,3,8H2,1H3,(H,9,10)(H,11,12). The van der Waals surface area contributed by atoms with E-state index in [2.05, 4.69) is 10.2 Å². The van der Waals surface area contributed by atoms with Crippen LogP contribution in [-0.4, -0.2) is 33.9 Å². The lowest BCUT2D eigenvalue weighted by atomic mass is 10.4. The van der Waals surface area contributed by atoms with Crippen LogP contribution in [0.4, 0.5) is 0 Å². The van der Waals surface area contributed by atoms with Gasteiger partial charge in [-0.05, 0) is 6.92 Å². The highest BCUT2D eigenvalue weighted by molar-refractivity contribution is 5.85. The molecule has 1 heterocycles. The molecule has 1 aromatic heterocycles. The van der Waals surface area contributed by atoms with Crippen LogP contribution in [0.5, 0.6) is 5.88 Å². The van der Waals surface area contributed by atoms with E-state index in [1.165, 1.54) is 6.07 Å². The normalized spacial score (nSPS) is 12.5. The second-order valence-corrected chi connectivity index (χ2v) is 2.71. The van der Waals surface area contributed by atoms with Gasteiger partial charge in [0.1, 0.15) is 12.3 Å². The van der Waals surface area contributed by atoms with Crippen LogP contribution in [0.1, 0.15) is 17.4 Å². The molecule has 6 heteroatoms. The van der Waals surface area contributed by atoms with Gasteiger partial charge >= 0.3 is 5.97 Å². The topological polar surface area (TPSA) is 101 Å². The molecule has 0 spiro atoms. The third-order valence-electron chi connectivity index (χ3n) is 1.28. The van der Waals surface area contributed by atoms with Crippen molar-refractivity contribution in [3.05, 3.63) is 11.8 Å². The van der Waals surface area contributed by atoms with Crippen LogP contribution in [0.3, 0.4) is 0 Å². The molecule has 0 fully saturated rings. The lowest BCUT2D eigenvalue weighted by Crippen LogP contribution is -2.23. The van der Waals surface area contributed by atoms with Crippen molar-refractivity contribution in [2.24, 2.45) is 5.73 Å². The quantitative estimate of drug-likeness (QED) is 0.604. The van der Waals surface area contributed by atoms with E-state index in [-0.39, 0.29) is 17.6 Å². The summed E-state index contributed by atoms with van der Waals surface area (Å²) < 4.78 is 5.07. The van der Waals surface area contributed by atoms with Gasteiger partial charge in [-0.2, -0.15) is 0 Å². The Labute approximate surface area is 74.7 Å². The molecule has 0 aliphatic rings. The van der Waals surface area contributed by atoms with Gasteiger partial charge in [0.15, 0.2) is 0 Å². The Kier molecular flexibility index (Phi) is 2.86. The van der Waals surface area contributed by atoms with Crippen molar-refractivity contribution in [2.75, 3.05) is 6.61 Å². The number of rotatable bonds is 4. The predicted octanol–water partition coefficient (Wildman–Crippen LogP) is -0.166. The predicted molar refractivity (Wildman–Crippen MR) is 44.7 cm³/mol. The zero-order valence-electron chi connectivity index (χ0n) is 7.15. The number of hydrogen-bond acceptors (Lipinski definition) is 4. The highest BCUT2D eigenvalue weighted by atomic mass is 16.5. The third-order valence-corrected chi connectivity index (χ3v) is 1.28. The molecule has 1 rings (SSSR count). The molecule has 0 aliphatic heterocycles. The average Bonchev–Trinajstić information content (AvgIpc) is 2.48. The van der Waals surface area contributed by atoms with Gasteiger partial charge in [-0.25, -0.2) is 4.79 Å². The summed E-state index contributed by atoms with van der Waals surface area (Å²) in [5.41, 5.74) is 5.43. The average molecular weight is 185 g/mol. The summed E-state index contributed by atoms with van der Waals surface area (Å²) in [7, 11) is 0. The Balaban J connectivity index is 2.54. The number of nitrogens with two attached hydrogens (primary N) is 1. The zero-order valence-corrected chi connectivity index (χ0v) is 7.15. The minimum absolute atomic E-state index is 0.000301. The molecular formula is C7H11N3O3. The summed E-state index contributed by atoms with van der Waals surface area (Å²) in [6.45, 7) is 2.09. The number of hydrogen-bond donors (Lipinski definition) is 3. The molecule has 0 amide bonds. The molecule has 1 aromatic rings. The van der Waals surface area contributed by atoms with Crippen molar-refractivity contribution in [1.82, 2.24) is 10.2 Å². The monoisotopic (exact) mass is 185 g/mol. The number of carboxylic acid groups (broad SMARTS) is 1. The Morgan fingerprint density at radius 3 is 3.08 bits per heavy atom. The van der Waals surface area contributed by atoms with Gasteiger partial charge in [-0.3, -0.25) is 5.10 Å². The van der Waals surface area contributed by atoms with Crippen molar-refractivity contribution in [3.63, 3.8) is 0 Å². The molecule has 1 atom stereocenters. The van der Waals surface area contributed by atoms with E-state index in [1.54, 1.807) is 6.92 Å². The second-order valence-electron chi connectivity index (χ2n) is 2.71. The fourth-order valence-corrected chi connectivity index (χ4v) is 0.704. The van der Waals surface area contributed by atoms with Crippen molar-refractivity contribution >= 4 is 5.97 Å². The maximum absolute atomic E-state index is 10.4. The number of H-pyrrole nitrogens is 1. The lowest BCUT2D eigenvalue weighted by Gasteiger charge is -2.03. The molecule has 13 heavy (non-hydrogen) atoms. The van der Waals surface area contributed by atoms with Gasteiger partial charge in [0, 0.05) is 12.1 Å². The maximum Gasteiger partial charge on any atom is 0.354 e. The van der Waals surface area contributed by atoms with Crippen LogP contribution >= 0.6 is 0 Å². The van der Waals surface area contributed by atoms with Crippen LogP contribution in [-0.2, 0) is 0 Å². The number of carbonyl (C=O) groups is 1. The first kappa shape index (κ1) is 9.53. The molecule has 0 bridgehead atoms. The first-order valence-electron chi connectivity index (χ1n) is 3.76. The van der Waals surface area contributed by atoms with E-state index < -0.39 is 5.97 Å². The molecule has 6 nitrogen and oxygen atoms in total. The number of aromatic carboxylic acids is 1. The van der Waals surface area contributed by atoms with Crippen molar-refractivity contribution in [1.29, 1.82) is 0 Å². The maximum atomic E-state index is 10.4. The van der Waals surface area contributed by atoms with Gasteiger partial charge in [-0.15, -0.1) is 5.10 Å². The fourth-order valence-electron chi connectivity index (χ4n) is 0.704. The van der Waals surface area contributed by atoms with E-state index in [0.717, 1.165) is 0 Å². The molecule has 0 aliphatic carbocycles. The number of carboxylic acids is 1. The van der Waals surface area contributed by atoms with E-state index in [9.17, 15) is 4.79 Å². The van der Waals surface area contributed by atoms with Crippen molar-refractivity contribution in [2.45, 2.75) is 13.0 Å². The van der Waals surface area contributed by atoms with Crippen LogP contribution in [0, 0.1) is 0 Å². The number of aromatic amines is 1. The summed E-state index contributed by atoms with van der Waals surface area (Å²) in [6.07, 6.45) is 0. The summed E-state index contributed by atoms with van der Waals surface area (Å²) in [4.78, 5) is 10.4. The summed E-state index contributed by atoms with van der Waals surface area (Å²) >= 11 is 0. The molecule has 1 unspecified atom stereocenters. The Morgan fingerprint density at radius 1 is 1.92 bits per heavy atom. The van der Waals surface area contributed by atoms with E-state index in [4.69, 9.17) is 15.6 Å². The highest BCUT2D eigenvalue weighted by Crippen LogP contribution is 2.07. The molecular weight excluding hydrogens is 174 g/mol. The molecule has 0 radical (unpaired) electrons. The summed E-state index contributed by atoms with van der Waals surface area (Å²) in [6, 6.07) is 1.20. The van der Waals surface area contributed by atoms with Crippen LogP contribution in [0.15, 0.2) is 6.07 Å².